The third-order valence-electron chi connectivity index (χ3n) is 5.79. The second kappa shape index (κ2) is 7.84. The first-order chi connectivity index (χ1) is 14.5. The Kier molecular flexibility index (Phi) is 5.47. The second-order valence-corrected chi connectivity index (χ2v) is 9.78. The summed E-state index contributed by atoms with van der Waals surface area (Å²) in [7, 11) is 0. The number of aromatic nitrogens is 4. The number of H-pyrrole nitrogens is 1. The number of nitrogens with zero attached hydrogens (tertiary/aromatic N) is 4. The smallest absolute Gasteiger partial charge is 0.407 e. The van der Waals surface area contributed by atoms with Crippen LogP contribution < -0.4 is 5.69 Å². The van der Waals surface area contributed by atoms with E-state index in [0.717, 1.165) is 0 Å². The number of hydrogen-bond donors (Lipinski definition) is 2. The Hall–Kier alpha value is -2.58. The first-order valence-electron chi connectivity index (χ1n) is 9.99. The van der Waals surface area contributed by atoms with E-state index < -0.39 is 11.8 Å². The number of nitrogens with one attached hydrogen (secondary N) is 1. The molecule has 0 spiro atoms. The van der Waals surface area contributed by atoms with Gasteiger partial charge in [0.1, 0.15) is 0 Å². The molecule has 1 aliphatic heterocycles. The number of benzene rings is 1. The maximum absolute atomic E-state index is 12.7. The van der Waals surface area contributed by atoms with Crippen molar-refractivity contribution in [3.63, 3.8) is 0 Å². The molecule has 2 aromatic heterocycles. The highest BCUT2D eigenvalue weighted by molar-refractivity contribution is 6.36. The number of fused-ring (bicyclic) bond motifs is 1. The van der Waals surface area contributed by atoms with E-state index in [1.54, 1.807) is 24.3 Å². The molecule has 1 aliphatic rings. The zero-order valence-electron chi connectivity index (χ0n) is 17.4. The van der Waals surface area contributed by atoms with Gasteiger partial charge in [0.25, 0.3) is 0 Å². The van der Waals surface area contributed by atoms with Crippen LogP contribution in [0.25, 0.3) is 16.9 Å². The molecule has 8 nitrogen and oxygen atoms in total. The van der Waals surface area contributed by atoms with Crippen molar-refractivity contribution in [3.05, 3.63) is 50.6 Å². The van der Waals surface area contributed by atoms with Crippen LogP contribution in [0.5, 0.6) is 0 Å². The molecule has 0 saturated carbocycles. The van der Waals surface area contributed by atoms with Gasteiger partial charge in [-0.2, -0.15) is 4.52 Å². The fourth-order valence-corrected chi connectivity index (χ4v) is 4.70. The number of rotatable bonds is 2. The second-order valence-electron chi connectivity index (χ2n) is 8.93. The highest BCUT2D eigenvalue weighted by Gasteiger charge is 2.40. The summed E-state index contributed by atoms with van der Waals surface area (Å²) in [6.07, 6.45) is 0.284. The van der Waals surface area contributed by atoms with Crippen LogP contribution in [-0.2, 0) is 0 Å². The molecule has 1 amide bonds. The average Bonchev–Trinajstić information content (AvgIpc) is 3.11. The van der Waals surface area contributed by atoms with Gasteiger partial charge < -0.3 is 15.0 Å². The molecule has 2 N–H and O–H groups in total. The molecule has 3 aromatic rings. The number of carbonyl (C=O) groups is 1. The first-order valence-corrected chi connectivity index (χ1v) is 10.7. The Labute approximate surface area is 188 Å². The summed E-state index contributed by atoms with van der Waals surface area (Å²) in [6.45, 7) is 6.49. The number of aromatic amines is 1. The molecule has 0 bridgehead atoms. The van der Waals surface area contributed by atoms with Crippen LogP contribution in [0, 0.1) is 5.41 Å². The quantitative estimate of drug-likeness (QED) is 0.574. The Bertz CT molecular complexity index is 1210. The molecule has 1 saturated heterocycles. The minimum absolute atomic E-state index is 0.0401. The van der Waals surface area contributed by atoms with Crippen LogP contribution in [0.15, 0.2) is 29.1 Å². The minimum Gasteiger partial charge on any atom is -0.465 e. The van der Waals surface area contributed by atoms with Gasteiger partial charge in [-0.05, 0) is 36.5 Å². The van der Waals surface area contributed by atoms with Gasteiger partial charge in [-0.25, -0.2) is 14.6 Å². The Morgan fingerprint density at radius 2 is 2.00 bits per heavy atom. The Morgan fingerprint density at radius 3 is 2.65 bits per heavy atom. The van der Waals surface area contributed by atoms with E-state index in [-0.39, 0.29) is 17.4 Å². The van der Waals surface area contributed by atoms with E-state index in [4.69, 9.17) is 23.2 Å². The molecule has 10 heteroatoms. The van der Waals surface area contributed by atoms with Crippen molar-refractivity contribution in [2.75, 3.05) is 6.54 Å². The monoisotopic (exact) mass is 463 g/mol. The van der Waals surface area contributed by atoms with Gasteiger partial charge in [0.15, 0.2) is 11.5 Å². The Morgan fingerprint density at radius 1 is 1.26 bits per heavy atom. The van der Waals surface area contributed by atoms with Crippen molar-refractivity contribution in [3.8, 4) is 11.3 Å². The highest BCUT2D eigenvalue weighted by atomic mass is 35.5. The van der Waals surface area contributed by atoms with Crippen molar-refractivity contribution in [2.24, 2.45) is 5.41 Å². The summed E-state index contributed by atoms with van der Waals surface area (Å²) in [4.78, 5) is 33.3. The number of piperidine rings is 1. The number of amides is 1. The van der Waals surface area contributed by atoms with Crippen molar-refractivity contribution in [1.29, 1.82) is 0 Å². The molecular weight excluding hydrogens is 441 g/mol. The van der Waals surface area contributed by atoms with Crippen molar-refractivity contribution in [1.82, 2.24) is 24.5 Å². The SMILES string of the molecule is CC(C)(C)C1CC(c2nc3cc(-c4ccc(Cl)cc4Cl)[nH]c(=O)n3n2)CCN1C(=O)O. The van der Waals surface area contributed by atoms with Gasteiger partial charge in [-0.1, -0.05) is 44.0 Å². The van der Waals surface area contributed by atoms with E-state index in [1.165, 1.54) is 9.42 Å². The van der Waals surface area contributed by atoms with Crippen LogP contribution in [0.3, 0.4) is 0 Å². The van der Waals surface area contributed by atoms with Crippen LogP contribution in [0.4, 0.5) is 4.79 Å². The average molecular weight is 464 g/mol. The Balaban J connectivity index is 1.70. The number of carboxylic acid groups (broad SMARTS) is 1. The summed E-state index contributed by atoms with van der Waals surface area (Å²) in [5.41, 5.74) is 0.913. The standard InChI is InChI=1S/C21H23Cl2N5O3/c1-21(2,3)16-8-11(6-7-27(16)20(30)31)18-25-17-10-15(24-19(29)28(17)26-18)13-5-4-12(22)9-14(13)23/h4-5,9-11,16H,6-8H2,1-3H3,(H,24,29)(H,30,31). The summed E-state index contributed by atoms with van der Waals surface area (Å²) < 4.78 is 1.23. The lowest BCUT2D eigenvalue weighted by Gasteiger charge is -2.44. The molecule has 1 fully saturated rings. The van der Waals surface area contributed by atoms with Gasteiger partial charge in [-0.3, -0.25) is 0 Å². The topological polar surface area (TPSA) is 104 Å². The normalized spacial score (nSPS) is 19.7. The maximum atomic E-state index is 12.7. The molecule has 31 heavy (non-hydrogen) atoms. The van der Waals surface area contributed by atoms with Crippen LogP contribution in [0.1, 0.15) is 45.4 Å². The lowest BCUT2D eigenvalue weighted by atomic mass is 9.77. The number of halogens is 2. The van der Waals surface area contributed by atoms with Gasteiger partial charge in [-0.15, -0.1) is 5.10 Å². The van der Waals surface area contributed by atoms with E-state index in [9.17, 15) is 14.7 Å². The zero-order chi connectivity index (χ0) is 22.5. The van der Waals surface area contributed by atoms with Gasteiger partial charge in [0.2, 0.25) is 0 Å². The minimum atomic E-state index is -0.915. The van der Waals surface area contributed by atoms with Crippen molar-refractivity contribution >= 4 is 34.9 Å². The zero-order valence-corrected chi connectivity index (χ0v) is 18.9. The summed E-state index contributed by atoms with van der Waals surface area (Å²) in [5.74, 6) is 0.505. The van der Waals surface area contributed by atoms with Crippen LogP contribution in [0.2, 0.25) is 10.0 Å². The lowest BCUT2D eigenvalue weighted by Crippen LogP contribution is -2.51. The van der Waals surface area contributed by atoms with Gasteiger partial charge in [0, 0.05) is 35.2 Å². The van der Waals surface area contributed by atoms with Gasteiger partial charge >= 0.3 is 11.8 Å². The molecule has 164 valence electrons. The fourth-order valence-electron chi connectivity index (χ4n) is 4.19. The summed E-state index contributed by atoms with van der Waals surface area (Å²) >= 11 is 12.3. The van der Waals surface area contributed by atoms with E-state index in [2.05, 4.69) is 15.1 Å². The third-order valence-corrected chi connectivity index (χ3v) is 6.34. The molecule has 4 rings (SSSR count). The van der Waals surface area contributed by atoms with Crippen molar-refractivity contribution < 1.29 is 9.90 Å². The first kappa shape index (κ1) is 21.6. The highest BCUT2D eigenvalue weighted by Crippen LogP contribution is 2.38. The van der Waals surface area contributed by atoms with Crippen molar-refractivity contribution in [2.45, 2.75) is 45.6 Å². The maximum Gasteiger partial charge on any atom is 0.407 e. The fraction of sp³-hybridized carbons (Fsp3) is 0.429. The van der Waals surface area contributed by atoms with Crippen LogP contribution >= 0.6 is 23.2 Å². The molecule has 2 atom stereocenters. The van der Waals surface area contributed by atoms with E-state index >= 15 is 0 Å². The largest absolute Gasteiger partial charge is 0.465 e. The third kappa shape index (κ3) is 4.14. The predicted octanol–water partition coefficient (Wildman–Crippen LogP) is 4.66. The summed E-state index contributed by atoms with van der Waals surface area (Å²) in [6, 6.07) is 6.60. The molecule has 2 unspecified atom stereocenters. The van der Waals surface area contributed by atoms with E-state index in [0.29, 0.717) is 52.2 Å². The van der Waals surface area contributed by atoms with Gasteiger partial charge in [0.05, 0.1) is 10.7 Å². The lowest BCUT2D eigenvalue weighted by molar-refractivity contribution is 0.0516. The number of hydrogen-bond acceptors (Lipinski definition) is 4. The molecule has 0 aliphatic carbocycles. The molecule has 1 aromatic carbocycles. The van der Waals surface area contributed by atoms with E-state index in [1.807, 2.05) is 20.8 Å². The molecule has 3 heterocycles. The summed E-state index contributed by atoms with van der Waals surface area (Å²) in [5, 5.41) is 14.9. The number of likely N-dealkylation sites (tertiary alicyclic amines) is 1. The molecular formula is C21H23Cl2N5O3. The molecule has 0 radical (unpaired) electrons. The predicted molar refractivity (Wildman–Crippen MR) is 119 cm³/mol. The van der Waals surface area contributed by atoms with Crippen LogP contribution in [-0.4, -0.2) is 48.3 Å².